The van der Waals surface area contributed by atoms with Crippen LogP contribution in [0.3, 0.4) is 0 Å². The van der Waals surface area contributed by atoms with Crippen LogP contribution in [0.4, 0.5) is 0 Å². The van der Waals surface area contributed by atoms with Gasteiger partial charge >= 0.3 is 0 Å². The maximum Gasteiger partial charge on any atom is 0.264 e. The number of nitrogens with one attached hydrogen (secondary N) is 1. The van der Waals surface area contributed by atoms with Crippen molar-refractivity contribution in [2.45, 2.75) is 13.5 Å². The molecule has 0 amide bonds. The van der Waals surface area contributed by atoms with Crippen LogP contribution in [-0.4, -0.2) is 28.5 Å². The van der Waals surface area contributed by atoms with E-state index < -0.39 is 10.0 Å². The molecule has 7 heteroatoms. The second-order valence-corrected chi connectivity index (χ2v) is 7.38. The van der Waals surface area contributed by atoms with Gasteiger partial charge in [-0.3, -0.25) is 9.71 Å². The Bertz CT molecular complexity index is 977. The maximum absolute atomic E-state index is 12.6. The van der Waals surface area contributed by atoms with Crippen molar-refractivity contribution in [2.24, 2.45) is 4.99 Å². The topological polar surface area (TPSA) is 77.0 Å². The molecule has 1 aliphatic rings. The van der Waals surface area contributed by atoms with E-state index in [-0.39, 0.29) is 4.91 Å². The van der Waals surface area contributed by atoms with Gasteiger partial charge in [0.25, 0.3) is 10.0 Å². The molecule has 3 rings (SSSR count). The molecule has 2 aromatic rings. The van der Waals surface area contributed by atoms with Gasteiger partial charge in [-0.05, 0) is 42.8 Å². The molecule has 0 bridgehead atoms. The van der Waals surface area contributed by atoms with E-state index in [1.54, 1.807) is 45.4 Å². The highest BCUT2D eigenvalue weighted by Crippen LogP contribution is 2.31. The highest BCUT2D eigenvalue weighted by molar-refractivity contribution is 8.00. The van der Waals surface area contributed by atoms with Gasteiger partial charge in [-0.15, -0.1) is 0 Å². The Balaban J connectivity index is 1.95. The smallest absolute Gasteiger partial charge is 0.264 e. The van der Waals surface area contributed by atoms with E-state index in [1.165, 1.54) is 0 Å². The predicted octanol–water partition coefficient (Wildman–Crippen LogP) is 2.97. The van der Waals surface area contributed by atoms with E-state index in [0.717, 1.165) is 11.3 Å². The molecule has 136 valence electrons. The molecule has 0 unspecified atom stereocenters. The Morgan fingerprint density at radius 3 is 2.35 bits per heavy atom. The van der Waals surface area contributed by atoms with E-state index in [9.17, 15) is 8.42 Å². The fraction of sp³-hybridized carbons (Fsp3) is 0.211. The van der Waals surface area contributed by atoms with Crippen LogP contribution in [0.5, 0.6) is 11.5 Å². The van der Waals surface area contributed by atoms with Gasteiger partial charge in [0, 0.05) is 11.1 Å². The summed E-state index contributed by atoms with van der Waals surface area (Å²) in [6, 6.07) is 14.4. The Morgan fingerprint density at radius 2 is 1.69 bits per heavy atom. The first-order chi connectivity index (χ1) is 12.5. The van der Waals surface area contributed by atoms with Crippen LogP contribution in [0.2, 0.25) is 0 Å². The number of aliphatic imine (C=N–C) groups is 1. The first kappa shape index (κ1) is 18.0. The molecule has 0 radical (unpaired) electrons. The number of hydrogen-bond donors (Lipinski definition) is 1. The van der Waals surface area contributed by atoms with Crippen LogP contribution in [0.1, 0.15) is 18.1 Å². The van der Waals surface area contributed by atoms with Crippen molar-refractivity contribution in [3.8, 4) is 11.5 Å². The molecular formula is C19H20N2O4S. The largest absolute Gasteiger partial charge is 0.497 e. The molecule has 0 saturated heterocycles. The molecule has 0 fully saturated rings. The fourth-order valence-electron chi connectivity index (χ4n) is 2.83. The summed E-state index contributed by atoms with van der Waals surface area (Å²) in [7, 11) is -0.491. The zero-order valence-corrected chi connectivity index (χ0v) is 15.6. The summed E-state index contributed by atoms with van der Waals surface area (Å²) in [5.74, 6) is 1.73. The normalized spacial score (nSPS) is 17.3. The van der Waals surface area contributed by atoms with E-state index in [4.69, 9.17) is 9.47 Å². The maximum atomic E-state index is 12.6. The van der Waals surface area contributed by atoms with Crippen LogP contribution in [-0.2, 0) is 16.6 Å². The third kappa shape index (κ3) is 3.43. The Hall–Kier alpha value is -2.80. The van der Waals surface area contributed by atoms with Crippen molar-refractivity contribution in [1.82, 2.24) is 4.72 Å². The first-order valence-corrected chi connectivity index (χ1v) is 9.49. The standard InChI is InChI=1S/C19H20N2O4S/c1-13-18(14-8-10-16(24-2)11-9-14)26(22,23)21-19(13)20-12-15-6-4-5-7-17(15)25-3/h4-11H,12H2,1-3H3,(H,20,21). The average Bonchev–Trinajstić information content (AvgIpc) is 2.88. The number of sulfonamides is 1. The minimum Gasteiger partial charge on any atom is -0.497 e. The number of ether oxygens (including phenoxy) is 2. The number of amidine groups is 1. The Kier molecular flexibility index (Phi) is 4.99. The molecule has 0 atom stereocenters. The summed E-state index contributed by atoms with van der Waals surface area (Å²) in [5, 5.41) is 0. The second kappa shape index (κ2) is 7.21. The Morgan fingerprint density at radius 1 is 1.00 bits per heavy atom. The summed E-state index contributed by atoms with van der Waals surface area (Å²) in [5.41, 5.74) is 2.07. The average molecular weight is 372 g/mol. The quantitative estimate of drug-likeness (QED) is 0.875. The van der Waals surface area contributed by atoms with Crippen LogP contribution in [0.25, 0.3) is 4.91 Å². The van der Waals surface area contributed by atoms with E-state index >= 15 is 0 Å². The number of para-hydroxylation sites is 1. The predicted molar refractivity (Wildman–Crippen MR) is 102 cm³/mol. The van der Waals surface area contributed by atoms with Gasteiger partial charge in [-0.1, -0.05) is 18.2 Å². The highest BCUT2D eigenvalue weighted by atomic mass is 32.2. The highest BCUT2D eigenvalue weighted by Gasteiger charge is 2.32. The number of rotatable bonds is 5. The molecule has 1 aliphatic heterocycles. The number of methoxy groups -OCH3 is 2. The van der Waals surface area contributed by atoms with E-state index in [1.807, 2.05) is 24.3 Å². The van der Waals surface area contributed by atoms with Crippen LogP contribution >= 0.6 is 0 Å². The molecular weight excluding hydrogens is 352 g/mol. The molecule has 0 spiro atoms. The van der Waals surface area contributed by atoms with Gasteiger partial charge in [0.2, 0.25) is 0 Å². The molecule has 6 nitrogen and oxygen atoms in total. The van der Waals surface area contributed by atoms with Gasteiger partial charge in [0.1, 0.15) is 22.2 Å². The Labute approximate surface area is 153 Å². The fourth-order valence-corrected chi connectivity index (χ4v) is 4.35. The lowest BCUT2D eigenvalue weighted by molar-refractivity contribution is 0.410. The monoisotopic (exact) mass is 372 g/mol. The number of benzene rings is 2. The van der Waals surface area contributed by atoms with Gasteiger partial charge in [-0.2, -0.15) is 0 Å². The van der Waals surface area contributed by atoms with Gasteiger partial charge in [0.15, 0.2) is 0 Å². The minimum atomic E-state index is -3.65. The van der Waals surface area contributed by atoms with E-state index in [2.05, 4.69) is 9.71 Å². The van der Waals surface area contributed by atoms with Crippen molar-refractivity contribution < 1.29 is 17.9 Å². The summed E-state index contributed by atoms with van der Waals surface area (Å²) in [6.07, 6.45) is 0. The number of nitrogens with zero attached hydrogens (tertiary/aromatic N) is 1. The zero-order valence-electron chi connectivity index (χ0n) is 14.8. The lowest BCUT2D eigenvalue weighted by Crippen LogP contribution is -2.23. The molecule has 2 aromatic carbocycles. The zero-order chi connectivity index (χ0) is 18.7. The van der Waals surface area contributed by atoms with Crippen molar-refractivity contribution in [1.29, 1.82) is 0 Å². The van der Waals surface area contributed by atoms with Crippen molar-refractivity contribution in [3.05, 3.63) is 65.2 Å². The summed E-state index contributed by atoms with van der Waals surface area (Å²) < 4.78 is 38.1. The van der Waals surface area contributed by atoms with Crippen LogP contribution < -0.4 is 14.2 Å². The van der Waals surface area contributed by atoms with Crippen molar-refractivity contribution in [3.63, 3.8) is 0 Å². The van der Waals surface area contributed by atoms with Gasteiger partial charge in [0.05, 0.1) is 20.8 Å². The molecule has 0 saturated carbocycles. The molecule has 0 aliphatic carbocycles. The van der Waals surface area contributed by atoms with Gasteiger partial charge < -0.3 is 9.47 Å². The molecule has 1 N–H and O–H groups in total. The van der Waals surface area contributed by atoms with E-state index in [0.29, 0.717) is 29.3 Å². The SMILES string of the molecule is COc1ccc(C2=C(C)C(=NCc3ccccc3OC)NS2(=O)=O)cc1. The minimum absolute atomic E-state index is 0.235. The molecule has 0 aromatic heterocycles. The third-order valence-corrected chi connectivity index (χ3v) is 5.69. The number of hydrogen-bond acceptors (Lipinski definition) is 5. The van der Waals surface area contributed by atoms with Crippen molar-refractivity contribution >= 4 is 20.8 Å². The summed E-state index contributed by atoms with van der Waals surface area (Å²) in [6.45, 7) is 2.06. The molecule has 26 heavy (non-hydrogen) atoms. The van der Waals surface area contributed by atoms with Gasteiger partial charge in [-0.25, -0.2) is 8.42 Å². The summed E-state index contributed by atoms with van der Waals surface area (Å²) in [4.78, 5) is 4.69. The molecule has 1 heterocycles. The van der Waals surface area contributed by atoms with Crippen molar-refractivity contribution in [2.75, 3.05) is 14.2 Å². The summed E-state index contributed by atoms with van der Waals surface area (Å²) >= 11 is 0. The second-order valence-electron chi connectivity index (χ2n) is 5.76. The van der Waals surface area contributed by atoms with Crippen LogP contribution in [0.15, 0.2) is 59.1 Å². The lowest BCUT2D eigenvalue weighted by Gasteiger charge is -2.06. The lowest BCUT2D eigenvalue weighted by atomic mass is 10.1. The first-order valence-electron chi connectivity index (χ1n) is 8.01. The van der Waals surface area contributed by atoms with Crippen LogP contribution in [0, 0.1) is 0 Å². The third-order valence-electron chi connectivity index (χ3n) is 4.15.